The number of fused-ring (bicyclic) bond motifs is 1. The highest BCUT2D eigenvalue weighted by molar-refractivity contribution is 5.94. The summed E-state index contributed by atoms with van der Waals surface area (Å²) in [6, 6.07) is 5.55. The molecule has 3 rings (SSSR count). The third kappa shape index (κ3) is 4.35. The van der Waals surface area contributed by atoms with E-state index in [1.807, 2.05) is 19.0 Å². The highest BCUT2D eigenvalue weighted by atomic mass is 19.1. The van der Waals surface area contributed by atoms with Crippen molar-refractivity contribution in [3.8, 4) is 5.75 Å². The number of amides is 1. The standard InChI is InChI=1S/C20H21FN4O4/c1-23(2)7-8-24-9-10-25-12-15(17(26)18(27)16(25)20(24)29)19(28)22-11-13-3-5-14(21)6-4-13/h3-6,9-10,12,27H,7-8,11H2,1-2H3,(H,22,28). The molecule has 0 spiro atoms. The molecule has 0 aliphatic carbocycles. The molecule has 0 saturated heterocycles. The first-order valence-corrected chi connectivity index (χ1v) is 8.92. The predicted molar refractivity (Wildman–Crippen MR) is 106 cm³/mol. The molecule has 0 atom stereocenters. The molecule has 2 aromatic heterocycles. The Morgan fingerprint density at radius 3 is 2.52 bits per heavy atom. The Morgan fingerprint density at radius 2 is 1.86 bits per heavy atom. The largest absolute Gasteiger partial charge is 0.503 e. The third-order valence-corrected chi connectivity index (χ3v) is 4.48. The highest BCUT2D eigenvalue weighted by Crippen LogP contribution is 2.11. The van der Waals surface area contributed by atoms with Crippen molar-refractivity contribution in [2.75, 3.05) is 20.6 Å². The number of halogens is 1. The second-order valence-electron chi connectivity index (χ2n) is 6.89. The van der Waals surface area contributed by atoms with Crippen LogP contribution in [0.15, 0.2) is 52.4 Å². The number of hydrogen-bond acceptors (Lipinski definition) is 5. The van der Waals surface area contributed by atoms with Crippen LogP contribution in [0.1, 0.15) is 15.9 Å². The van der Waals surface area contributed by atoms with Gasteiger partial charge in [-0.05, 0) is 31.8 Å². The van der Waals surface area contributed by atoms with E-state index in [2.05, 4.69) is 5.32 Å². The fourth-order valence-corrected chi connectivity index (χ4v) is 2.83. The van der Waals surface area contributed by atoms with Crippen LogP contribution in [-0.4, -0.2) is 45.5 Å². The van der Waals surface area contributed by atoms with Gasteiger partial charge in [-0.3, -0.25) is 14.4 Å². The molecule has 0 radical (unpaired) electrons. The van der Waals surface area contributed by atoms with Crippen LogP contribution in [0.5, 0.6) is 5.75 Å². The van der Waals surface area contributed by atoms with Crippen molar-refractivity contribution in [1.82, 2.24) is 19.2 Å². The molecule has 2 heterocycles. The number of hydrogen-bond donors (Lipinski definition) is 2. The zero-order valence-corrected chi connectivity index (χ0v) is 16.1. The van der Waals surface area contributed by atoms with Crippen molar-refractivity contribution in [3.63, 3.8) is 0 Å². The van der Waals surface area contributed by atoms with Gasteiger partial charge in [-0.1, -0.05) is 12.1 Å². The fraction of sp³-hybridized carbons (Fsp3) is 0.250. The predicted octanol–water partition coefficient (Wildman–Crippen LogP) is 0.797. The zero-order valence-electron chi connectivity index (χ0n) is 16.1. The maximum atomic E-state index is 13.0. The average Bonchev–Trinajstić information content (AvgIpc) is 2.69. The zero-order chi connectivity index (χ0) is 21.1. The fourth-order valence-electron chi connectivity index (χ4n) is 2.83. The normalized spacial score (nSPS) is 11.2. The number of nitrogens with zero attached hydrogens (tertiary/aromatic N) is 3. The van der Waals surface area contributed by atoms with E-state index >= 15 is 0 Å². The third-order valence-electron chi connectivity index (χ3n) is 4.48. The molecule has 2 N–H and O–H groups in total. The van der Waals surface area contributed by atoms with Gasteiger partial charge in [0.2, 0.25) is 5.43 Å². The van der Waals surface area contributed by atoms with Crippen molar-refractivity contribution in [2.24, 2.45) is 0 Å². The van der Waals surface area contributed by atoms with E-state index in [0.717, 1.165) is 0 Å². The van der Waals surface area contributed by atoms with E-state index in [-0.39, 0.29) is 17.6 Å². The van der Waals surface area contributed by atoms with Gasteiger partial charge in [-0.2, -0.15) is 0 Å². The highest BCUT2D eigenvalue weighted by Gasteiger charge is 2.19. The molecule has 1 amide bonds. The van der Waals surface area contributed by atoms with Crippen LogP contribution in [0, 0.1) is 5.82 Å². The van der Waals surface area contributed by atoms with Crippen LogP contribution in [0.25, 0.3) is 5.52 Å². The molecule has 152 valence electrons. The van der Waals surface area contributed by atoms with Crippen molar-refractivity contribution in [3.05, 3.63) is 80.4 Å². The molecule has 0 bridgehead atoms. The number of carbonyl (C=O) groups is 1. The van der Waals surface area contributed by atoms with E-state index < -0.39 is 28.5 Å². The van der Waals surface area contributed by atoms with Gasteiger partial charge in [-0.25, -0.2) is 4.39 Å². The number of aromatic nitrogens is 2. The molecule has 0 saturated carbocycles. The van der Waals surface area contributed by atoms with Crippen LogP contribution in [0.4, 0.5) is 4.39 Å². The Kier molecular flexibility index (Phi) is 5.79. The number of benzene rings is 1. The first-order valence-electron chi connectivity index (χ1n) is 8.92. The Morgan fingerprint density at radius 1 is 1.17 bits per heavy atom. The van der Waals surface area contributed by atoms with Gasteiger partial charge in [0.25, 0.3) is 11.5 Å². The lowest BCUT2D eigenvalue weighted by Gasteiger charge is -2.13. The Labute approximate surface area is 165 Å². The molecule has 1 aromatic carbocycles. The van der Waals surface area contributed by atoms with Gasteiger partial charge in [-0.15, -0.1) is 0 Å². The average molecular weight is 400 g/mol. The second-order valence-corrected chi connectivity index (χ2v) is 6.89. The van der Waals surface area contributed by atoms with Crippen LogP contribution in [0.2, 0.25) is 0 Å². The van der Waals surface area contributed by atoms with Gasteiger partial charge in [0.05, 0.1) is 0 Å². The summed E-state index contributed by atoms with van der Waals surface area (Å²) < 4.78 is 15.6. The summed E-state index contributed by atoms with van der Waals surface area (Å²) in [7, 11) is 3.73. The number of likely N-dealkylation sites (N-methyl/N-ethyl adjacent to an activating group) is 1. The maximum absolute atomic E-state index is 13.0. The van der Waals surface area contributed by atoms with Crippen molar-refractivity contribution in [2.45, 2.75) is 13.1 Å². The monoisotopic (exact) mass is 400 g/mol. The van der Waals surface area contributed by atoms with Crippen molar-refractivity contribution in [1.29, 1.82) is 0 Å². The number of aromatic hydroxyl groups is 1. The summed E-state index contributed by atoms with van der Waals surface area (Å²) in [4.78, 5) is 39.4. The van der Waals surface area contributed by atoms with Crippen LogP contribution >= 0.6 is 0 Å². The minimum absolute atomic E-state index is 0.0775. The Balaban J connectivity index is 1.91. The smallest absolute Gasteiger partial charge is 0.278 e. The number of pyridine rings is 1. The summed E-state index contributed by atoms with van der Waals surface area (Å²) in [5, 5.41) is 12.9. The summed E-state index contributed by atoms with van der Waals surface area (Å²) >= 11 is 0. The quantitative estimate of drug-likeness (QED) is 0.638. The molecule has 0 aliphatic rings. The van der Waals surface area contributed by atoms with Crippen LogP contribution in [-0.2, 0) is 13.1 Å². The van der Waals surface area contributed by atoms with Crippen LogP contribution in [0.3, 0.4) is 0 Å². The number of rotatable bonds is 6. The van der Waals surface area contributed by atoms with Gasteiger partial charge < -0.3 is 24.3 Å². The first kappa shape index (κ1) is 20.3. The molecule has 0 unspecified atom stereocenters. The lowest BCUT2D eigenvalue weighted by molar-refractivity contribution is 0.0949. The van der Waals surface area contributed by atoms with Crippen molar-refractivity contribution < 1.29 is 14.3 Å². The first-order chi connectivity index (χ1) is 13.8. The molecular weight excluding hydrogens is 379 g/mol. The number of nitrogens with one attached hydrogen (secondary N) is 1. The van der Waals surface area contributed by atoms with E-state index in [0.29, 0.717) is 18.7 Å². The summed E-state index contributed by atoms with van der Waals surface area (Å²) in [5.41, 5.74) is -1.29. The SMILES string of the molecule is CN(C)CCn1ccn2cc(C(=O)NCc3ccc(F)cc3)c(=O)c(O)c2c1=O. The molecular formula is C20H21FN4O4. The molecule has 0 fully saturated rings. The second kappa shape index (κ2) is 8.27. The van der Waals surface area contributed by atoms with Gasteiger partial charge in [0, 0.05) is 38.2 Å². The molecule has 8 nitrogen and oxygen atoms in total. The molecule has 3 aromatic rings. The summed E-state index contributed by atoms with van der Waals surface area (Å²) in [5.74, 6) is -1.88. The van der Waals surface area contributed by atoms with E-state index in [1.165, 1.54) is 51.8 Å². The molecule has 29 heavy (non-hydrogen) atoms. The molecule has 9 heteroatoms. The Bertz CT molecular complexity index is 1170. The lowest BCUT2D eigenvalue weighted by atomic mass is 10.2. The minimum Gasteiger partial charge on any atom is -0.503 e. The van der Waals surface area contributed by atoms with Crippen molar-refractivity contribution >= 4 is 11.4 Å². The Hall–Kier alpha value is -3.46. The maximum Gasteiger partial charge on any atom is 0.278 e. The van der Waals surface area contributed by atoms with E-state index in [4.69, 9.17) is 0 Å². The lowest BCUT2D eigenvalue weighted by Crippen LogP contribution is -2.31. The van der Waals surface area contributed by atoms with Gasteiger partial charge >= 0.3 is 0 Å². The summed E-state index contributed by atoms with van der Waals surface area (Å²) in [6.45, 7) is 1.06. The minimum atomic E-state index is -0.927. The van der Waals surface area contributed by atoms with Gasteiger partial charge in [0.1, 0.15) is 11.4 Å². The summed E-state index contributed by atoms with van der Waals surface area (Å²) in [6.07, 6.45) is 4.25. The van der Waals surface area contributed by atoms with Crippen LogP contribution < -0.4 is 16.3 Å². The van der Waals surface area contributed by atoms with E-state index in [9.17, 15) is 23.9 Å². The van der Waals surface area contributed by atoms with E-state index in [1.54, 1.807) is 0 Å². The topological polar surface area (TPSA) is 96.1 Å². The van der Waals surface area contributed by atoms with Gasteiger partial charge in [0.15, 0.2) is 11.3 Å². The number of carbonyl (C=O) groups excluding carboxylic acids is 1. The molecule has 0 aliphatic heterocycles.